The molecule has 0 radical (unpaired) electrons. The van der Waals surface area contributed by atoms with E-state index in [2.05, 4.69) is 19.2 Å². The topological polar surface area (TPSA) is 52.5 Å². The summed E-state index contributed by atoms with van der Waals surface area (Å²) in [5.41, 5.74) is 0. The van der Waals surface area contributed by atoms with Crippen molar-refractivity contribution in [1.29, 1.82) is 0 Å². The van der Waals surface area contributed by atoms with Crippen LogP contribution in [0.5, 0.6) is 0 Å². The van der Waals surface area contributed by atoms with Gasteiger partial charge in [0.1, 0.15) is 6.10 Å². The highest BCUT2D eigenvalue weighted by atomic mass is 32.1. The summed E-state index contributed by atoms with van der Waals surface area (Å²) in [7, 11) is 0. The van der Waals surface area contributed by atoms with E-state index < -0.39 is 6.10 Å². The zero-order valence-electron chi connectivity index (χ0n) is 10.8. The first-order valence-electron chi connectivity index (χ1n) is 6.18. The largest absolute Gasteiger partial charge is 0.395 e. The molecule has 0 aliphatic rings. The van der Waals surface area contributed by atoms with Crippen LogP contribution in [0.2, 0.25) is 0 Å². The number of aliphatic hydroxyl groups is 2. The minimum atomic E-state index is -0.504. The van der Waals surface area contributed by atoms with Crippen molar-refractivity contribution in [3.8, 4) is 0 Å². The second-order valence-electron chi connectivity index (χ2n) is 4.68. The lowest BCUT2D eigenvalue weighted by atomic mass is 9.96. The van der Waals surface area contributed by atoms with Crippen LogP contribution < -0.4 is 5.32 Å². The fraction of sp³-hybridized carbons (Fsp3) is 0.692. The van der Waals surface area contributed by atoms with Crippen LogP contribution in [0.1, 0.15) is 38.2 Å². The molecular weight excluding hydrogens is 234 g/mol. The number of nitrogens with one attached hydrogen (secondary N) is 1. The lowest BCUT2D eigenvalue weighted by molar-refractivity contribution is 0.0913. The first-order chi connectivity index (χ1) is 8.10. The third-order valence-electron chi connectivity index (χ3n) is 3.03. The molecular formula is C13H23NO2S. The molecule has 4 heteroatoms. The number of hydrogen-bond acceptors (Lipinski definition) is 4. The van der Waals surface area contributed by atoms with Crippen LogP contribution in [-0.2, 0) is 0 Å². The Labute approximate surface area is 107 Å². The van der Waals surface area contributed by atoms with Crippen LogP contribution in [-0.4, -0.2) is 28.9 Å². The van der Waals surface area contributed by atoms with E-state index in [1.807, 2.05) is 24.4 Å². The van der Waals surface area contributed by atoms with Crippen molar-refractivity contribution in [3.63, 3.8) is 0 Å². The van der Waals surface area contributed by atoms with Gasteiger partial charge < -0.3 is 15.5 Å². The monoisotopic (exact) mass is 257 g/mol. The highest BCUT2D eigenvalue weighted by molar-refractivity contribution is 7.10. The smallest absolute Gasteiger partial charge is 0.104 e. The maximum atomic E-state index is 10.3. The summed E-state index contributed by atoms with van der Waals surface area (Å²) >= 11 is 1.57. The molecule has 0 amide bonds. The van der Waals surface area contributed by atoms with E-state index in [1.54, 1.807) is 11.3 Å². The van der Waals surface area contributed by atoms with Crippen molar-refractivity contribution in [1.82, 2.24) is 5.32 Å². The van der Waals surface area contributed by atoms with Gasteiger partial charge in [0.25, 0.3) is 0 Å². The van der Waals surface area contributed by atoms with E-state index in [1.165, 1.54) is 0 Å². The first-order valence-corrected chi connectivity index (χ1v) is 7.06. The first kappa shape index (κ1) is 14.6. The third kappa shape index (κ3) is 4.07. The Hall–Kier alpha value is -0.420. The molecule has 1 heterocycles. The van der Waals surface area contributed by atoms with Crippen molar-refractivity contribution < 1.29 is 10.2 Å². The zero-order chi connectivity index (χ0) is 12.8. The summed E-state index contributed by atoms with van der Waals surface area (Å²) < 4.78 is 0. The van der Waals surface area contributed by atoms with Crippen LogP contribution >= 0.6 is 11.3 Å². The van der Waals surface area contributed by atoms with Crippen molar-refractivity contribution in [3.05, 3.63) is 22.4 Å². The molecule has 0 aromatic carbocycles. The highest BCUT2D eigenvalue weighted by Crippen LogP contribution is 2.26. The Morgan fingerprint density at radius 1 is 1.41 bits per heavy atom. The van der Waals surface area contributed by atoms with Crippen LogP contribution in [0.25, 0.3) is 0 Å². The van der Waals surface area contributed by atoms with Crippen molar-refractivity contribution in [2.24, 2.45) is 5.92 Å². The van der Waals surface area contributed by atoms with Gasteiger partial charge in [0.2, 0.25) is 0 Å². The van der Waals surface area contributed by atoms with Crippen molar-refractivity contribution >= 4 is 11.3 Å². The molecule has 1 rings (SSSR count). The summed E-state index contributed by atoms with van der Waals surface area (Å²) in [6.07, 6.45) is 0.354. The fourth-order valence-electron chi connectivity index (χ4n) is 1.86. The van der Waals surface area contributed by atoms with E-state index in [-0.39, 0.29) is 18.7 Å². The van der Waals surface area contributed by atoms with Gasteiger partial charge in [0.15, 0.2) is 0 Å². The molecule has 0 bridgehead atoms. The zero-order valence-corrected chi connectivity index (χ0v) is 11.6. The third-order valence-corrected chi connectivity index (χ3v) is 3.98. The number of hydrogen-bond donors (Lipinski definition) is 3. The van der Waals surface area contributed by atoms with Crippen LogP contribution in [0.4, 0.5) is 0 Å². The van der Waals surface area contributed by atoms with Gasteiger partial charge >= 0.3 is 0 Å². The number of thiophene rings is 1. The lowest BCUT2D eigenvalue weighted by Crippen LogP contribution is -2.46. The molecule has 0 saturated carbocycles. The summed E-state index contributed by atoms with van der Waals surface area (Å²) in [5.74, 6) is 0.313. The van der Waals surface area contributed by atoms with E-state index >= 15 is 0 Å². The SMILES string of the molecule is CCC(CO)NC(C(C)C)C(O)c1cccs1. The van der Waals surface area contributed by atoms with Crippen molar-refractivity contribution in [2.45, 2.75) is 45.4 Å². The van der Waals surface area contributed by atoms with Crippen LogP contribution in [0.3, 0.4) is 0 Å². The number of aliphatic hydroxyl groups excluding tert-OH is 2. The molecule has 0 fully saturated rings. The average Bonchev–Trinajstić information content (AvgIpc) is 2.83. The van der Waals surface area contributed by atoms with Gasteiger partial charge in [-0.1, -0.05) is 26.8 Å². The number of rotatable bonds is 7. The quantitative estimate of drug-likeness (QED) is 0.701. The molecule has 0 aliphatic carbocycles. The van der Waals surface area contributed by atoms with E-state index in [9.17, 15) is 10.2 Å². The maximum absolute atomic E-state index is 10.3. The van der Waals surface area contributed by atoms with E-state index in [0.29, 0.717) is 5.92 Å². The predicted molar refractivity (Wildman–Crippen MR) is 72.2 cm³/mol. The molecule has 0 spiro atoms. The Morgan fingerprint density at radius 2 is 2.12 bits per heavy atom. The second-order valence-corrected chi connectivity index (χ2v) is 5.66. The van der Waals surface area contributed by atoms with Gasteiger partial charge in [-0.05, 0) is 23.8 Å². The fourth-order valence-corrected chi connectivity index (χ4v) is 2.61. The Bertz CT molecular complexity index is 296. The molecule has 1 aromatic heterocycles. The maximum Gasteiger partial charge on any atom is 0.104 e. The predicted octanol–water partition coefficient (Wildman–Crippen LogP) is 2.17. The molecule has 3 atom stereocenters. The lowest BCUT2D eigenvalue weighted by Gasteiger charge is -2.30. The summed E-state index contributed by atoms with van der Waals surface area (Å²) in [6.45, 7) is 6.30. The van der Waals surface area contributed by atoms with E-state index in [4.69, 9.17) is 0 Å². The average molecular weight is 257 g/mol. The van der Waals surface area contributed by atoms with Crippen molar-refractivity contribution in [2.75, 3.05) is 6.61 Å². The standard InChI is InChI=1S/C13H23NO2S/c1-4-10(8-15)14-12(9(2)3)13(16)11-6-5-7-17-11/h5-7,9-10,12-16H,4,8H2,1-3H3. The van der Waals surface area contributed by atoms with Gasteiger partial charge in [-0.15, -0.1) is 11.3 Å². The molecule has 3 nitrogen and oxygen atoms in total. The highest BCUT2D eigenvalue weighted by Gasteiger charge is 2.26. The van der Waals surface area contributed by atoms with Crippen LogP contribution in [0.15, 0.2) is 17.5 Å². The Balaban J connectivity index is 2.71. The molecule has 3 unspecified atom stereocenters. The summed E-state index contributed by atoms with van der Waals surface area (Å²) in [6, 6.07) is 3.93. The molecule has 3 N–H and O–H groups in total. The molecule has 98 valence electrons. The van der Waals surface area contributed by atoms with E-state index in [0.717, 1.165) is 11.3 Å². The second kappa shape index (κ2) is 7.11. The Kier molecular flexibility index (Phi) is 6.12. The molecule has 0 aliphatic heterocycles. The molecule has 17 heavy (non-hydrogen) atoms. The molecule has 1 aromatic rings. The summed E-state index contributed by atoms with van der Waals surface area (Å²) in [5, 5.41) is 24.9. The van der Waals surface area contributed by atoms with Crippen LogP contribution in [0, 0.1) is 5.92 Å². The minimum absolute atomic E-state index is 0.0225. The van der Waals surface area contributed by atoms with Gasteiger partial charge in [0, 0.05) is 17.0 Å². The normalized spacial score (nSPS) is 17.1. The van der Waals surface area contributed by atoms with Gasteiger partial charge in [-0.25, -0.2) is 0 Å². The summed E-state index contributed by atoms with van der Waals surface area (Å²) in [4.78, 5) is 0.976. The van der Waals surface area contributed by atoms with Gasteiger partial charge in [-0.3, -0.25) is 0 Å². The van der Waals surface area contributed by atoms with Gasteiger partial charge in [-0.2, -0.15) is 0 Å². The Morgan fingerprint density at radius 3 is 2.53 bits per heavy atom. The minimum Gasteiger partial charge on any atom is -0.395 e. The molecule has 0 saturated heterocycles. The van der Waals surface area contributed by atoms with Gasteiger partial charge in [0.05, 0.1) is 6.61 Å².